The third-order valence-electron chi connectivity index (χ3n) is 5.67. The van der Waals surface area contributed by atoms with Gasteiger partial charge in [0, 0.05) is 31.0 Å². The largest absolute Gasteiger partial charge is 0.465 e. The van der Waals surface area contributed by atoms with E-state index < -0.39 is 0 Å². The van der Waals surface area contributed by atoms with Crippen LogP contribution in [-0.4, -0.2) is 48.2 Å². The molecule has 0 bridgehead atoms. The number of nitrogens with two attached hydrogens (primary N) is 1. The molecule has 1 aliphatic heterocycles. The average molecular weight is 478 g/mol. The number of nitrogens with zero attached hydrogens (tertiary/aromatic N) is 1. The molecular formula is C28H35N3O4. The summed E-state index contributed by atoms with van der Waals surface area (Å²) in [5.74, 6) is 0.0668. The Bertz CT molecular complexity index is 1090. The number of nitrogens with one attached hydrogen (secondary N) is 1. The van der Waals surface area contributed by atoms with Crippen LogP contribution < -0.4 is 11.1 Å². The van der Waals surface area contributed by atoms with Crippen molar-refractivity contribution in [2.24, 2.45) is 5.73 Å². The molecule has 35 heavy (non-hydrogen) atoms. The third-order valence-corrected chi connectivity index (χ3v) is 5.67. The van der Waals surface area contributed by atoms with Gasteiger partial charge in [0.2, 0.25) is 0 Å². The van der Waals surface area contributed by atoms with Crippen LogP contribution >= 0.6 is 0 Å². The molecule has 0 spiro atoms. The van der Waals surface area contributed by atoms with Crippen molar-refractivity contribution in [1.82, 2.24) is 4.90 Å². The molecule has 0 unspecified atom stereocenters. The van der Waals surface area contributed by atoms with Crippen LogP contribution in [-0.2, 0) is 20.7 Å². The standard InChI is InChI=1S/C28H35N3O4/c1-3-12-31(13-5-14-32)28(34)24-17-23-11-10-22(18-25(23)30-26(29)19-24)21-8-6-20(7-9-21)16-27(33)35-15-4-2/h6-11,17-19,30,32H,3-5,12-16,29H2,1-2H3. The number of carbonyl (C=O) groups excluding carboxylic acids is 2. The van der Waals surface area contributed by atoms with Gasteiger partial charge in [0.25, 0.3) is 5.91 Å². The first-order valence-electron chi connectivity index (χ1n) is 12.2. The van der Waals surface area contributed by atoms with E-state index in [0.29, 0.717) is 37.5 Å². The second kappa shape index (κ2) is 12.8. The number of hydrogen-bond acceptors (Lipinski definition) is 6. The Labute approximate surface area is 207 Å². The quantitative estimate of drug-likeness (QED) is 0.421. The molecule has 1 aliphatic rings. The minimum Gasteiger partial charge on any atom is -0.465 e. The molecule has 7 nitrogen and oxygen atoms in total. The van der Waals surface area contributed by atoms with Gasteiger partial charge in [-0.25, -0.2) is 0 Å². The summed E-state index contributed by atoms with van der Waals surface area (Å²) in [4.78, 5) is 26.8. The molecule has 3 rings (SSSR count). The minimum absolute atomic E-state index is 0.0433. The van der Waals surface area contributed by atoms with E-state index >= 15 is 0 Å². The first-order valence-corrected chi connectivity index (χ1v) is 12.2. The topological polar surface area (TPSA) is 105 Å². The number of hydrogen-bond donors (Lipinski definition) is 3. The molecule has 2 aromatic carbocycles. The fourth-order valence-electron chi connectivity index (χ4n) is 3.94. The van der Waals surface area contributed by atoms with Crippen molar-refractivity contribution in [2.45, 2.75) is 39.5 Å². The highest BCUT2D eigenvalue weighted by molar-refractivity contribution is 6.02. The second-order valence-electron chi connectivity index (χ2n) is 8.59. The van der Waals surface area contributed by atoms with E-state index in [0.717, 1.165) is 40.8 Å². The first-order chi connectivity index (χ1) is 16.9. The fourth-order valence-corrected chi connectivity index (χ4v) is 3.94. The molecule has 1 heterocycles. The normalized spacial score (nSPS) is 12.5. The highest BCUT2D eigenvalue weighted by atomic mass is 16.5. The van der Waals surface area contributed by atoms with E-state index in [9.17, 15) is 14.7 Å². The summed E-state index contributed by atoms with van der Waals surface area (Å²) in [5.41, 5.74) is 11.3. The van der Waals surface area contributed by atoms with E-state index in [4.69, 9.17) is 10.5 Å². The monoisotopic (exact) mass is 477 g/mol. The summed E-state index contributed by atoms with van der Waals surface area (Å²) in [7, 11) is 0. The van der Waals surface area contributed by atoms with Crippen molar-refractivity contribution < 1.29 is 19.4 Å². The van der Waals surface area contributed by atoms with Crippen LogP contribution in [0.15, 0.2) is 59.9 Å². The van der Waals surface area contributed by atoms with Crippen LogP contribution in [0.3, 0.4) is 0 Å². The van der Waals surface area contributed by atoms with Gasteiger partial charge in [-0.05, 0) is 59.7 Å². The predicted molar refractivity (Wildman–Crippen MR) is 139 cm³/mol. The molecule has 0 aliphatic carbocycles. The van der Waals surface area contributed by atoms with Gasteiger partial charge in [-0.1, -0.05) is 50.2 Å². The lowest BCUT2D eigenvalue weighted by atomic mass is 9.99. The van der Waals surface area contributed by atoms with Gasteiger partial charge in [-0.15, -0.1) is 0 Å². The minimum atomic E-state index is -0.220. The molecule has 0 saturated heterocycles. The van der Waals surface area contributed by atoms with E-state index in [1.807, 2.05) is 62.4 Å². The van der Waals surface area contributed by atoms with Crippen molar-refractivity contribution in [2.75, 3.05) is 31.6 Å². The molecule has 1 amide bonds. The third kappa shape index (κ3) is 7.20. The lowest BCUT2D eigenvalue weighted by Crippen LogP contribution is -2.34. The van der Waals surface area contributed by atoms with Gasteiger partial charge in [0.15, 0.2) is 0 Å². The maximum Gasteiger partial charge on any atom is 0.310 e. The average Bonchev–Trinajstić information content (AvgIpc) is 3.02. The van der Waals surface area contributed by atoms with E-state index in [1.54, 1.807) is 11.0 Å². The molecule has 0 aromatic heterocycles. The van der Waals surface area contributed by atoms with Crippen molar-refractivity contribution >= 4 is 23.6 Å². The second-order valence-corrected chi connectivity index (χ2v) is 8.59. The lowest BCUT2D eigenvalue weighted by molar-refractivity contribution is -0.142. The maximum absolute atomic E-state index is 13.2. The number of rotatable bonds is 11. The van der Waals surface area contributed by atoms with Crippen LogP contribution in [0.5, 0.6) is 0 Å². The highest BCUT2D eigenvalue weighted by Crippen LogP contribution is 2.30. The van der Waals surface area contributed by atoms with Crippen LogP contribution in [0.4, 0.5) is 5.69 Å². The highest BCUT2D eigenvalue weighted by Gasteiger charge is 2.19. The number of esters is 1. The summed E-state index contributed by atoms with van der Waals surface area (Å²) in [6.45, 7) is 5.60. The zero-order valence-corrected chi connectivity index (χ0v) is 20.5. The molecular weight excluding hydrogens is 442 g/mol. The zero-order valence-electron chi connectivity index (χ0n) is 20.5. The van der Waals surface area contributed by atoms with Crippen molar-refractivity contribution in [3.05, 3.63) is 71.1 Å². The summed E-state index contributed by atoms with van der Waals surface area (Å²) in [5, 5.41) is 12.4. The smallest absolute Gasteiger partial charge is 0.310 e. The first kappa shape index (κ1) is 26.0. The number of fused-ring (bicyclic) bond motifs is 1. The van der Waals surface area contributed by atoms with Crippen LogP contribution in [0.25, 0.3) is 17.2 Å². The van der Waals surface area contributed by atoms with Crippen molar-refractivity contribution in [3.8, 4) is 11.1 Å². The molecule has 0 fully saturated rings. The molecule has 0 atom stereocenters. The van der Waals surface area contributed by atoms with Crippen molar-refractivity contribution in [1.29, 1.82) is 0 Å². The fraction of sp³-hybridized carbons (Fsp3) is 0.357. The Balaban J connectivity index is 1.81. The summed E-state index contributed by atoms with van der Waals surface area (Å²) < 4.78 is 5.16. The van der Waals surface area contributed by atoms with Gasteiger partial charge >= 0.3 is 5.97 Å². The number of aliphatic hydroxyl groups excluding tert-OH is 1. The predicted octanol–water partition coefficient (Wildman–Crippen LogP) is 4.08. The lowest BCUT2D eigenvalue weighted by Gasteiger charge is -2.22. The van der Waals surface area contributed by atoms with Gasteiger partial charge in [-0.2, -0.15) is 0 Å². The van der Waals surface area contributed by atoms with E-state index in [2.05, 4.69) is 5.32 Å². The number of carbonyl (C=O) groups is 2. The molecule has 4 N–H and O–H groups in total. The number of benzene rings is 2. The number of ether oxygens (including phenoxy) is 1. The SMILES string of the molecule is CCCOC(=O)Cc1ccc(-c2ccc3c(c2)NC(N)=CC(C(=O)N(CCC)CCCO)=C3)cc1. The summed E-state index contributed by atoms with van der Waals surface area (Å²) in [6.07, 6.45) is 5.94. The van der Waals surface area contributed by atoms with Crippen LogP contribution in [0, 0.1) is 0 Å². The van der Waals surface area contributed by atoms with Gasteiger partial charge < -0.3 is 25.8 Å². The Morgan fingerprint density at radius 3 is 2.43 bits per heavy atom. The number of aliphatic hydroxyl groups is 1. The van der Waals surface area contributed by atoms with Gasteiger partial charge in [0.1, 0.15) is 5.82 Å². The Hall–Kier alpha value is -3.58. The summed E-state index contributed by atoms with van der Waals surface area (Å²) >= 11 is 0. The molecule has 7 heteroatoms. The number of anilines is 1. The number of amides is 1. The van der Waals surface area contributed by atoms with Crippen LogP contribution in [0.1, 0.15) is 44.2 Å². The van der Waals surface area contributed by atoms with Gasteiger partial charge in [-0.3, -0.25) is 9.59 Å². The molecule has 186 valence electrons. The molecule has 0 radical (unpaired) electrons. The molecule has 0 saturated carbocycles. The van der Waals surface area contributed by atoms with Crippen molar-refractivity contribution in [3.63, 3.8) is 0 Å². The van der Waals surface area contributed by atoms with Gasteiger partial charge in [0.05, 0.1) is 13.0 Å². The van der Waals surface area contributed by atoms with E-state index in [-0.39, 0.29) is 24.9 Å². The zero-order chi connectivity index (χ0) is 25.2. The summed E-state index contributed by atoms with van der Waals surface area (Å²) in [6, 6.07) is 13.8. The Morgan fingerprint density at radius 2 is 1.74 bits per heavy atom. The maximum atomic E-state index is 13.2. The Kier molecular flexibility index (Phi) is 9.49. The molecule has 2 aromatic rings. The van der Waals surface area contributed by atoms with Crippen LogP contribution in [0.2, 0.25) is 0 Å². The Morgan fingerprint density at radius 1 is 1.00 bits per heavy atom. The van der Waals surface area contributed by atoms with E-state index in [1.165, 1.54) is 0 Å².